The molecule has 2 aliphatic heterocycles. The van der Waals surface area contributed by atoms with Gasteiger partial charge >= 0.3 is 5.97 Å². The van der Waals surface area contributed by atoms with E-state index in [4.69, 9.17) is 15.6 Å². The molecule has 2 saturated heterocycles. The maximum absolute atomic E-state index is 11.6. The van der Waals surface area contributed by atoms with Gasteiger partial charge < -0.3 is 15.6 Å². The highest BCUT2D eigenvalue weighted by atomic mass is 16.5. The number of carboxylic acids is 1. The first-order chi connectivity index (χ1) is 14.6. The lowest BCUT2D eigenvalue weighted by molar-refractivity contribution is -0.139. The topological polar surface area (TPSA) is 96.1 Å². The van der Waals surface area contributed by atoms with Gasteiger partial charge in [0.25, 0.3) is 0 Å². The average Bonchev–Trinajstić information content (AvgIpc) is 2.89. The molecular formula is C24H37N3O4. The van der Waals surface area contributed by atoms with Gasteiger partial charge in [-0.3, -0.25) is 14.6 Å². The molecule has 172 valence electrons. The Morgan fingerprint density at radius 2 is 1.77 bits per heavy atom. The Morgan fingerprint density at radius 3 is 2.45 bits per heavy atom. The number of hydrogen-bond donors (Lipinski definition) is 2. The van der Waals surface area contributed by atoms with Crippen molar-refractivity contribution in [2.75, 3.05) is 26.2 Å². The zero-order valence-corrected chi connectivity index (χ0v) is 19.1. The summed E-state index contributed by atoms with van der Waals surface area (Å²) >= 11 is 0. The first kappa shape index (κ1) is 23.5. The van der Waals surface area contributed by atoms with E-state index in [0.29, 0.717) is 30.9 Å². The summed E-state index contributed by atoms with van der Waals surface area (Å²) in [6.07, 6.45) is 5.47. The maximum atomic E-state index is 11.6. The van der Waals surface area contributed by atoms with E-state index in [9.17, 15) is 9.59 Å². The molecule has 0 spiro atoms. The van der Waals surface area contributed by atoms with Gasteiger partial charge in [-0.1, -0.05) is 39.3 Å². The van der Waals surface area contributed by atoms with Crippen LogP contribution in [0, 0.1) is 0 Å². The predicted octanol–water partition coefficient (Wildman–Crippen LogP) is 2.75. The van der Waals surface area contributed by atoms with Crippen LogP contribution < -0.4 is 10.5 Å². The number of nitrogens with zero attached hydrogens (tertiary/aromatic N) is 2. The van der Waals surface area contributed by atoms with Crippen LogP contribution in [0.4, 0.5) is 0 Å². The monoisotopic (exact) mass is 431 g/mol. The molecule has 0 aliphatic carbocycles. The molecule has 2 atom stereocenters. The zero-order chi connectivity index (χ0) is 22.6. The van der Waals surface area contributed by atoms with E-state index in [1.807, 2.05) is 12.1 Å². The highest BCUT2D eigenvalue weighted by molar-refractivity contribution is 5.76. The number of nitrogens with two attached hydrogens (primary N) is 1. The number of fused-ring (bicyclic) bond motifs is 1. The SMILES string of the molecule is CC(C)(C)c1ccc(OCC(=O)O)c(CN2CCC[C@@H]3[C@H]2CCCCN3CC(N)=O)c1. The molecule has 3 N–H and O–H groups in total. The Labute approximate surface area is 185 Å². The number of carboxylic acid groups (broad SMARTS) is 1. The van der Waals surface area contributed by atoms with E-state index in [2.05, 4.69) is 36.6 Å². The molecule has 7 nitrogen and oxygen atoms in total. The summed E-state index contributed by atoms with van der Waals surface area (Å²) in [5, 5.41) is 9.08. The number of piperidine rings is 1. The van der Waals surface area contributed by atoms with Crippen LogP contribution >= 0.6 is 0 Å². The summed E-state index contributed by atoms with van der Waals surface area (Å²) < 4.78 is 5.64. The second-order valence-corrected chi connectivity index (χ2v) is 9.93. The minimum Gasteiger partial charge on any atom is -0.482 e. The number of hydrogen-bond acceptors (Lipinski definition) is 5. The summed E-state index contributed by atoms with van der Waals surface area (Å²) in [5.41, 5.74) is 7.75. The smallest absolute Gasteiger partial charge is 0.341 e. The Hall–Kier alpha value is -2.12. The highest BCUT2D eigenvalue weighted by Gasteiger charge is 2.37. The van der Waals surface area contributed by atoms with E-state index in [0.717, 1.165) is 50.8 Å². The van der Waals surface area contributed by atoms with Gasteiger partial charge in [-0.15, -0.1) is 0 Å². The summed E-state index contributed by atoms with van der Waals surface area (Å²) in [6.45, 7) is 9.12. The fraction of sp³-hybridized carbons (Fsp3) is 0.667. The van der Waals surface area contributed by atoms with E-state index in [1.165, 1.54) is 5.56 Å². The van der Waals surface area contributed by atoms with E-state index in [1.54, 1.807) is 0 Å². The van der Waals surface area contributed by atoms with Crippen LogP contribution in [0.5, 0.6) is 5.75 Å². The Morgan fingerprint density at radius 1 is 1.10 bits per heavy atom. The molecule has 0 saturated carbocycles. The van der Waals surface area contributed by atoms with Crippen molar-refractivity contribution in [1.29, 1.82) is 0 Å². The van der Waals surface area contributed by atoms with Gasteiger partial charge in [-0.25, -0.2) is 4.79 Å². The number of benzene rings is 1. The van der Waals surface area contributed by atoms with E-state index < -0.39 is 5.97 Å². The Balaban J connectivity index is 1.86. The summed E-state index contributed by atoms with van der Waals surface area (Å²) in [7, 11) is 0. The van der Waals surface area contributed by atoms with Crippen molar-refractivity contribution < 1.29 is 19.4 Å². The third kappa shape index (κ3) is 6.20. The number of ether oxygens (including phenoxy) is 1. The van der Waals surface area contributed by atoms with Gasteiger partial charge in [0.05, 0.1) is 6.54 Å². The van der Waals surface area contributed by atoms with Crippen LogP contribution in [0.15, 0.2) is 18.2 Å². The molecule has 1 amide bonds. The quantitative estimate of drug-likeness (QED) is 0.689. The van der Waals surface area contributed by atoms with Gasteiger partial charge in [-0.2, -0.15) is 0 Å². The van der Waals surface area contributed by atoms with Crippen LogP contribution in [0.25, 0.3) is 0 Å². The molecule has 0 aromatic heterocycles. The van der Waals surface area contributed by atoms with Gasteiger partial charge in [-0.05, 0) is 55.8 Å². The number of carbonyl (C=O) groups is 2. The average molecular weight is 432 g/mol. The lowest BCUT2D eigenvalue weighted by Gasteiger charge is -2.45. The van der Waals surface area contributed by atoms with Crippen molar-refractivity contribution in [3.8, 4) is 5.75 Å². The molecule has 7 heteroatoms. The summed E-state index contributed by atoms with van der Waals surface area (Å²) in [5.74, 6) is -0.602. The first-order valence-corrected chi connectivity index (χ1v) is 11.4. The Bertz CT molecular complexity index is 790. The number of primary amides is 1. The van der Waals surface area contributed by atoms with Crippen molar-refractivity contribution in [2.45, 2.75) is 76.9 Å². The van der Waals surface area contributed by atoms with Crippen LogP contribution in [0.3, 0.4) is 0 Å². The molecule has 3 rings (SSSR count). The standard InChI is InChI=1S/C24H37N3O4/c1-24(2,3)18-9-10-21(31-16-23(29)30)17(13-18)14-26-12-6-8-20-19(26)7-4-5-11-27(20)15-22(25)28/h9-10,13,19-20H,4-8,11-12,14-16H2,1-3H3,(H2,25,28)(H,29,30)/t19-,20-/m1/s1. The molecule has 0 bridgehead atoms. The number of likely N-dealkylation sites (tertiary alicyclic amines) is 2. The zero-order valence-electron chi connectivity index (χ0n) is 19.1. The molecular weight excluding hydrogens is 394 g/mol. The first-order valence-electron chi connectivity index (χ1n) is 11.4. The minimum atomic E-state index is -0.977. The van der Waals surface area contributed by atoms with Crippen molar-refractivity contribution >= 4 is 11.9 Å². The molecule has 1 aromatic carbocycles. The molecule has 31 heavy (non-hydrogen) atoms. The normalized spacial score (nSPS) is 23.1. The largest absolute Gasteiger partial charge is 0.482 e. The third-order valence-electron chi connectivity index (χ3n) is 6.53. The van der Waals surface area contributed by atoms with Crippen LogP contribution in [-0.4, -0.2) is 65.1 Å². The fourth-order valence-electron chi connectivity index (χ4n) is 5.00. The van der Waals surface area contributed by atoms with Crippen LogP contribution in [0.2, 0.25) is 0 Å². The summed E-state index contributed by atoms with van der Waals surface area (Å²) in [4.78, 5) is 27.5. The predicted molar refractivity (Wildman–Crippen MR) is 120 cm³/mol. The van der Waals surface area contributed by atoms with Crippen molar-refractivity contribution in [2.24, 2.45) is 5.73 Å². The van der Waals surface area contributed by atoms with Crippen molar-refractivity contribution in [3.63, 3.8) is 0 Å². The van der Waals surface area contributed by atoms with Crippen molar-refractivity contribution in [1.82, 2.24) is 9.80 Å². The highest BCUT2D eigenvalue weighted by Crippen LogP contribution is 2.34. The molecule has 0 radical (unpaired) electrons. The van der Waals surface area contributed by atoms with Crippen LogP contribution in [-0.2, 0) is 21.5 Å². The second kappa shape index (κ2) is 10.0. The van der Waals surface area contributed by atoms with Gasteiger partial charge in [0.15, 0.2) is 6.61 Å². The van der Waals surface area contributed by atoms with Gasteiger partial charge in [0.1, 0.15) is 5.75 Å². The maximum Gasteiger partial charge on any atom is 0.341 e. The summed E-state index contributed by atoms with van der Waals surface area (Å²) in [6, 6.07) is 6.80. The fourth-order valence-corrected chi connectivity index (χ4v) is 5.00. The lowest BCUT2D eigenvalue weighted by Crippen LogP contribution is -2.55. The third-order valence-corrected chi connectivity index (χ3v) is 6.53. The Kier molecular flexibility index (Phi) is 7.59. The van der Waals surface area contributed by atoms with Gasteiger partial charge in [0.2, 0.25) is 5.91 Å². The van der Waals surface area contributed by atoms with Crippen molar-refractivity contribution in [3.05, 3.63) is 29.3 Å². The minimum absolute atomic E-state index is 0.00881. The number of carbonyl (C=O) groups excluding carboxylic acids is 1. The number of aliphatic carboxylic acids is 1. The molecule has 0 unspecified atom stereocenters. The van der Waals surface area contributed by atoms with Crippen LogP contribution in [0.1, 0.15) is 64.0 Å². The van der Waals surface area contributed by atoms with E-state index >= 15 is 0 Å². The van der Waals surface area contributed by atoms with E-state index in [-0.39, 0.29) is 17.9 Å². The molecule has 2 heterocycles. The van der Waals surface area contributed by atoms with Gasteiger partial charge in [0, 0.05) is 24.2 Å². The lowest BCUT2D eigenvalue weighted by atomic mass is 9.85. The number of amides is 1. The molecule has 2 fully saturated rings. The molecule has 2 aliphatic rings. The molecule has 1 aromatic rings. The number of rotatable bonds is 7. The second-order valence-electron chi connectivity index (χ2n) is 9.93.